The standard InChI is InChI=1S/C33H35N3O4/c1-4-5-6-7-8-9-20-40-26-18-19-27(28(37)21-26)31-34-32(29(38)24-14-10-22(2)11-15-24)36-33(35-31)30(39)25-16-12-23(3)13-17-25/h10-19,21,37H,4-9,20H2,1-3H3. The molecule has 1 N–H and O–H groups in total. The van der Waals surface area contributed by atoms with E-state index in [0.717, 1.165) is 24.0 Å². The van der Waals surface area contributed by atoms with Gasteiger partial charge in [-0.3, -0.25) is 9.59 Å². The summed E-state index contributed by atoms with van der Waals surface area (Å²) >= 11 is 0. The number of aryl methyl sites for hydroxylation is 2. The quantitative estimate of drug-likeness (QED) is 0.144. The Bertz CT molecular complexity index is 1390. The Kier molecular flexibility index (Phi) is 9.73. The summed E-state index contributed by atoms with van der Waals surface area (Å²) in [4.78, 5) is 39.6. The monoisotopic (exact) mass is 537 g/mol. The van der Waals surface area contributed by atoms with Crippen LogP contribution in [0.2, 0.25) is 0 Å². The van der Waals surface area contributed by atoms with Crippen molar-refractivity contribution in [2.75, 3.05) is 6.61 Å². The van der Waals surface area contributed by atoms with Gasteiger partial charge in [-0.1, -0.05) is 98.7 Å². The molecule has 0 amide bonds. The Balaban J connectivity index is 1.62. The molecular weight excluding hydrogens is 502 g/mol. The first-order chi connectivity index (χ1) is 19.4. The van der Waals surface area contributed by atoms with Crippen LogP contribution in [-0.4, -0.2) is 38.2 Å². The van der Waals surface area contributed by atoms with Crippen molar-refractivity contribution in [3.63, 3.8) is 0 Å². The number of aromatic hydroxyl groups is 1. The van der Waals surface area contributed by atoms with Gasteiger partial charge in [-0.05, 0) is 32.4 Å². The molecule has 1 aromatic heterocycles. The van der Waals surface area contributed by atoms with E-state index in [1.807, 2.05) is 38.1 Å². The summed E-state index contributed by atoms with van der Waals surface area (Å²) < 4.78 is 5.82. The summed E-state index contributed by atoms with van der Waals surface area (Å²) in [6.07, 6.45) is 6.93. The number of hydrogen-bond donors (Lipinski definition) is 1. The molecule has 40 heavy (non-hydrogen) atoms. The summed E-state index contributed by atoms with van der Waals surface area (Å²) in [5.41, 5.74) is 3.06. The lowest BCUT2D eigenvalue weighted by atomic mass is 10.1. The van der Waals surface area contributed by atoms with Crippen molar-refractivity contribution in [2.45, 2.75) is 59.3 Å². The number of nitrogens with zero attached hydrogens (tertiary/aromatic N) is 3. The second-order valence-corrected chi connectivity index (χ2v) is 9.99. The fourth-order valence-electron chi connectivity index (χ4n) is 4.23. The number of ketones is 2. The van der Waals surface area contributed by atoms with E-state index in [1.165, 1.54) is 31.7 Å². The van der Waals surface area contributed by atoms with Crippen molar-refractivity contribution in [3.8, 4) is 22.9 Å². The zero-order chi connectivity index (χ0) is 28.5. The van der Waals surface area contributed by atoms with E-state index in [9.17, 15) is 14.7 Å². The maximum atomic E-state index is 13.3. The number of benzene rings is 3. The van der Waals surface area contributed by atoms with Crippen LogP contribution in [0.5, 0.6) is 11.5 Å². The second kappa shape index (κ2) is 13.6. The summed E-state index contributed by atoms with van der Waals surface area (Å²) in [6, 6.07) is 18.9. The van der Waals surface area contributed by atoms with Gasteiger partial charge >= 0.3 is 0 Å². The molecule has 4 rings (SSSR count). The number of carbonyl (C=O) groups is 2. The maximum Gasteiger partial charge on any atom is 0.230 e. The van der Waals surface area contributed by atoms with Crippen LogP contribution in [0.15, 0.2) is 66.7 Å². The molecule has 3 aromatic carbocycles. The lowest BCUT2D eigenvalue weighted by molar-refractivity contribution is 0.102. The minimum Gasteiger partial charge on any atom is -0.507 e. The molecule has 4 aromatic rings. The Morgan fingerprint density at radius 2 is 1.23 bits per heavy atom. The van der Waals surface area contributed by atoms with Crippen LogP contribution in [-0.2, 0) is 0 Å². The number of phenols is 1. The molecule has 0 unspecified atom stereocenters. The smallest absolute Gasteiger partial charge is 0.230 e. The molecule has 206 valence electrons. The third-order valence-electron chi connectivity index (χ3n) is 6.65. The molecule has 0 saturated heterocycles. The average molecular weight is 538 g/mol. The number of phenolic OH excluding ortho intramolecular Hbond substituents is 1. The Hall–Kier alpha value is -4.39. The van der Waals surface area contributed by atoms with E-state index < -0.39 is 11.6 Å². The van der Waals surface area contributed by atoms with Crippen molar-refractivity contribution in [1.29, 1.82) is 0 Å². The van der Waals surface area contributed by atoms with Crippen molar-refractivity contribution >= 4 is 11.6 Å². The molecule has 1 heterocycles. The molecule has 0 aliphatic carbocycles. The van der Waals surface area contributed by atoms with Gasteiger partial charge in [0.2, 0.25) is 23.2 Å². The second-order valence-electron chi connectivity index (χ2n) is 9.99. The number of ether oxygens (including phenoxy) is 1. The number of unbranched alkanes of at least 4 members (excludes halogenated alkanes) is 5. The highest BCUT2D eigenvalue weighted by Crippen LogP contribution is 2.31. The van der Waals surface area contributed by atoms with Gasteiger partial charge in [0.1, 0.15) is 11.5 Å². The maximum absolute atomic E-state index is 13.3. The average Bonchev–Trinajstić information content (AvgIpc) is 2.96. The number of rotatable bonds is 13. The van der Waals surface area contributed by atoms with Crippen molar-refractivity contribution in [1.82, 2.24) is 15.0 Å². The Labute approximate surface area is 235 Å². The Morgan fingerprint density at radius 3 is 1.75 bits per heavy atom. The normalized spacial score (nSPS) is 10.9. The van der Waals surface area contributed by atoms with Crippen LogP contribution in [0.4, 0.5) is 0 Å². The minimum absolute atomic E-state index is 0.0286. The van der Waals surface area contributed by atoms with Gasteiger partial charge in [0.15, 0.2) is 5.82 Å². The molecule has 0 fully saturated rings. The molecule has 0 atom stereocenters. The minimum atomic E-state index is -0.444. The van der Waals surface area contributed by atoms with E-state index in [2.05, 4.69) is 21.9 Å². The van der Waals surface area contributed by atoms with Gasteiger partial charge in [0.05, 0.1) is 12.2 Å². The molecule has 7 heteroatoms. The van der Waals surface area contributed by atoms with Crippen molar-refractivity contribution in [3.05, 3.63) is 101 Å². The highest BCUT2D eigenvalue weighted by atomic mass is 16.5. The summed E-state index contributed by atoms with van der Waals surface area (Å²) in [6.45, 7) is 6.61. The van der Waals surface area contributed by atoms with Crippen LogP contribution in [0.25, 0.3) is 11.4 Å². The number of carbonyl (C=O) groups excluding carboxylic acids is 2. The van der Waals surface area contributed by atoms with Crippen molar-refractivity contribution < 1.29 is 19.4 Å². The molecule has 7 nitrogen and oxygen atoms in total. The molecule has 0 aliphatic heterocycles. The van der Waals surface area contributed by atoms with Crippen LogP contribution in [0, 0.1) is 13.8 Å². The van der Waals surface area contributed by atoms with Gasteiger partial charge in [-0.25, -0.2) is 15.0 Å². The lowest BCUT2D eigenvalue weighted by Crippen LogP contribution is -2.16. The molecule has 0 spiro atoms. The summed E-state index contributed by atoms with van der Waals surface area (Å²) in [7, 11) is 0. The molecule has 0 bridgehead atoms. The zero-order valence-electron chi connectivity index (χ0n) is 23.3. The predicted octanol–water partition coefficient (Wildman–Crippen LogP) is 7.06. The SMILES string of the molecule is CCCCCCCCOc1ccc(-c2nc(C(=O)c3ccc(C)cc3)nc(C(=O)c3ccc(C)cc3)n2)c(O)c1. The van der Waals surface area contributed by atoms with Crippen LogP contribution < -0.4 is 4.74 Å². The molecular formula is C33H35N3O4. The fourth-order valence-corrected chi connectivity index (χ4v) is 4.23. The van der Waals surface area contributed by atoms with E-state index in [4.69, 9.17) is 4.74 Å². The number of hydrogen-bond acceptors (Lipinski definition) is 7. The zero-order valence-corrected chi connectivity index (χ0v) is 23.3. The van der Waals surface area contributed by atoms with E-state index in [1.54, 1.807) is 36.4 Å². The lowest BCUT2D eigenvalue weighted by Gasteiger charge is -2.11. The molecule has 0 aliphatic rings. The van der Waals surface area contributed by atoms with E-state index >= 15 is 0 Å². The summed E-state index contributed by atoms with van der Waals surface area (Å²) in [5, 5.41) is 10.8. The van der Waals surface area contributed by atoms with E-state index in [0.29, 0.717) is 23.5 Å². The predicted molar refractivity (Wildman–Crippen MR) is 155 cm³/mol. The number of aromatic nitrogens is 3. The molecule has 0 radical (unpaired) electrons. The highest BCUT2D eigenvalue weighted by Gasteiger charge is 2.22. The van der Waals surface area contributed by atoms with Gasteiger partial charge in [0.25, 0.3) is 0 Å². The van der Waals surface area contributed by atoms with Crippen molar-refractivity contribution in [2.24, 2.45) is 0 Å². The van der Waals surface area contributed by atoms with Gasteiger partial charge in [-0.2, -0.15) is 0 Å². The van der Waals surface area contributed by atoms with Crippen LogP contribution in [0.1, 0.15) is 88.9 Å². The van der Waals surface area contributed by atoms with Gasteiger partial charge in [-0.15, -0.1) is 0 Å². The van der Waals surface area contributed by atoms with E-state index in [-0.39, 0.29) is 28.8 Å². The third kappa shape index (κ3) is 7.38. The highest BCUT2D eigenvalue weighted by molar-refractivity contribution is 6.09. The van der Waals surface area contributed by atoms with Crippen LogP contribution in [0.3, 0.4) is 0 Å². The first-order valence-electron chi connectivity index (χ1n) is 13.8. The first kappa shape index (κ1) is 28.6. The fraction of sp³-hybridized carbons (Fsp3) is 0.303. The molecule has 0 saturated carbocycles. The Morgan fingerprint density at radius 1 is 0.700 bits per heavy atom. The first-order valence-corrected chi connectivity index (χ1v) is 13.8. The van der Waals surface area contributed by atoms with Gasteiger partial charge in [0, 0.05) is 17.2 Å². The van der Waals surface area contributed by atoms with Crippen LogP contribution >= 0.6 is 0 Å². The topological polar surface area (TPSA) is 102 Å². The summed E-state index contributed by atoms with van der Waals surface area (Å²) in [5.74, 6) is -0.801. The largest absolute Gasteiger partial charge is 0.507 e. The third-order valence-corrected chi connectivity index (χ3v) is 6.65. The van der Waals surface area contributed by atoms with Gasteiger partial charge < -0.3 is 9.84 Å².